The standard InChI is InChI=1S/C13H22N4O2S/c1-16(2)8-13-14-12(7-10-3-4-10)15-17(13)11-5-6-20(18,19)9-11/h10-11H,3-9H2,1-2H3/t11-/m1/s1. The molecule has 6 nitrogen and oxygen atoms in total. The molecule has 0 spiro atoms. The van der Waals surface area contributed by atoms with Gasteiger partial charge in [0.2, 0.25) is 0 Å². The van der Waals surface area contributed by atoms with Crippen molar-refractivity contribution in [2.75, 3.05) is 25.6 Å². The molecular weight excluding hydrogens is 276 g/mol. The molecule has 3 rings (SSSR count). The molecule has 0 amide bonds. The van der Waals surface area contributed by atoms with E-state index >= 15 is 0 Å². The Balaban J connectivity index is 1.84. The van der Waals surface area contributed by atoms with Gasteiger partial charge in [0.25, 0.3) is 0 Å². The summed E-state index contributed by atoms with van der Waals surface area (Å²) in [5.41, 5.74) is 0. The quantitative estimate of drug-likeness (QED) is 0.798. The Bertz CT molecular complexity index is 590. The van der Waals surface area contributed by atoms with E-state index < -0.39 is 9.84 Å². The lowest BCUT2D eigenvalue weighted by molar-refractivity contribution is 0.362. The lowest BCUT2D eigenvalue weighted by Gasteiger charge is -2.14. The zero-order valence-electron chi connectivity index (χ0n) is 12.1. The van der Waals surface area contributed by atoms with Crippen molar-refractivity contribution in [2.24, 2.45) is 5.92 Å². The van der Waals surface area contributed by atoms with E-state index in [2.05, 4.69) is 10.1 Å². The molecule has 0 N–H and O–H groups in total. The molecule has 2 aliphatic rings. The summed E-state index contributed by atoms with van der Waals surface area (Å²) in [6.45, 7) is 0.703. The Morgan fingerprint density at radius 1 is 1.30 bits per heavy atom. The van der Waals surface area contributed by atoms with Gasteiger partial charge < -0.3 is 4.90 Å². The molecule has 1 saturated heterocycles. The van der Waals surface area contributed by atoms with E-state index in [1.807, 2.05) is 23.7 Å². The van der Waals surface area contributed by atoms with Crippen LogP contribution in [0.2, 0.25) is 0 Å². The fraction of sp³-hybridized carbons (Fsp3) is 0.846. The highest BCUT2D eigenvalue weighted by molar-refractivity contribution is 7.91. The Labute approximate surface area is 120 Å². The summed E-state index contributed by atoms with van der Waals surface area (Å²) in [4.78, 5) is 6.68. The van der Waals surface area contributed by atoms with Crippen molar-refractivity contribution in [3.63, 3.8) is 0 Å². The molecule has 2 heterocycles. The normalized spacial score (nSPS) is 25.4. The van der Waals surface area contributed by atoms with Crippen LogP contribution < -0.4 is 0 Å². The molecule has 0 unspecified atom stereocenters. The molecule has 0 radical (unpaired) electrons. The van der Waals surface area contributed by atoms with E-state index in [9.17, 15) is 8.42 Å². The van der Waals surface area contributed by atoms with Gasteiger partial charge in [0.15, 0.2) is 15.7 Å². The lowest BCUT2D eigenvalue weighted by atomic mass is 10.3. The number of sulfone groups is 1. The fourth-order valence-electron chi connectivity index (χ4n) is 2.72. The van der Waals surface area contributed by atoms with Crippen LogP contribution in [0.3, 0.4) is 0 Å². The first-order chi connectivity index (χ1) is 9.43. The van der Waals surface area contributed by atoms with Crippen LogP contribution in [0.4, 0.5) is 0 Å². The van der Waals surface area contributed by atoms with E-state index in [-0.39, 0.29) is 17.5 Å². The van der Waals surface area contributed by atoms with Gasteiger partial charge in [0, 0.05) is 6.42 Å². The molecule has 20 heavy (non-hydrogen) atoms. The molecule has 2 fully saturated rings. The molecule has 0 bridgehead atoms. The Morgan fingerprint density at radius 2 is 2.05 bits per heavy atom. The molecule has 1 atom stereocenters. The third kappa shape index (κ3) is 3.20. The van der Waals surface area contributed by atoms with E-state index in [1.54, 1.807) is 0 Å². The van der Waals surface area contributed by atoms with Gasteiger partial charge in [-0.1, -0.05) is 0 Å². The Morgan fingerprint density at radius 3 is 2.60 bits per heavy atom. The van der Waals surface area contributed by atoms with Gasteiger partial charge in [0.05, 0.1) is 24.1 Å². The van der Waals surface area contributed by atoms with Crippen LogP contribution in [0.15, 0.2) is 0 Å². The second-order valence-electron chi connectivity index (χ2n) is 6.33. The van der Waals surface area contributed by atoms with Crippen molar-refractivity contribution in [1.82, 2.24) is 19.7 Å². The highest BCUT2D eigenvalue weighted by atomic mass is 32.2. The molecule has 1 aliphatic heterocycles. The predicted molar refractivity (Wildman–Crippen MR) is 76.1 cm³/mol. The third-order valence-electron chi connectivity index (χ3n) is 3.93. The van der Waals surface area contributed by atoms with E-state index in [0.717, 1.165) is 24.0 Å². The highest BCUT2D eigenvalue weighted by Crippen LogP contribution is 2.32. The van der Waals surface area contributed by atoms with Crippen molar-refractivity contribution in [1.29, 1.82) is 0 Å². The van der Waals surface area contributed by atoms with Gasteiger partial charge in [-0.05, 0) is 39.3 Å². The maximum absolute atomic E-state index is 11.7. The maximum atomic E-state index is 11.7. The second-order valence-corrected chi connectivity index (χ2v) is 8.56. The summed E-state index contributed by atoms with van der Waals surface area (Å²) >= 11 is 0. The molecule has 112 valence electrons. The summed E-state index contributed by atoms with van der Waals surface area (Å²) in [5, 5.41) is 4.61. The number of hydrogen-bond donors (Lipinski definition) is 0. The highest BCUT2D eigenvalue weighted by Gasteiger charge is 2.32. The van der Waals surface area contributed by atoms with Crippen LogP contribution in [-0.4, -0.2) is 53.7 Å². The summed E-state index contributed by atoms with van der Waals surface area (Å²) in [6, 6.07) is -0.0320. The molecule has 1 aliphatic carbocycles. The smallest absolute Gasteiger partial charge is 0.152 e. The fourth-order valence-corrected chi connectivity index (χ4v) is 4.41. The molecular formula is C13H22N4O2S. The monoisotopic (exact) mass is 298 g/mol. The van der Waals surface area contributed by atoms with Crippen molar-refractivity contribution in [3.8, 4) is 0 Å². The third-order valence-corrected chi connectivity index (χ3v) is 5.68. The zero-order chi connectivity index (χ0) is 14.3. The van der Waals surface area contributed by atoms with Gasteiger partial charge in [-0.15, -0.1) is 0 Å². The van der Waals surface area contributed by atoms with Crippen LogP contribution in [0, 0.1) is 5.92 Å². The summed E-state index contributed by atoms with van der Waals surface area (Å²) in [6.07, 6.45) is 4.15. The van der Waals surface area contributed by atoms with Gasteiger partial charge in [-0.25, -0.2) is 18.1 Å². The minimum atomic E-state index is -2.89. The van der Waals surface area contributed by atoms with Gasteiger partial charge in [-0.3, -0.25) is 0 Å². The van der Waals surface area contributed by atoms with Crippen LogP contribution in [0.5, 0.6) is 0 Å². The van der Waals surface area contributed by atoms with Crippen LogP contribution >= 0.6 is 0 Å². The first-order valence-corrected chi connectivity index (χ1v) is 9.04. The van der Waals surface area contributed by atoms with Gasteiger partial charge in [-0.2, -0.15) is 5.10 Å². The number of rotatable bonds is 5. The zero-order valence-corrected chi connectivity index (χ0v) is 12.9. The van der Waals surface area contributed by atoms with Gasteiger partial charge >= 0.3 is 0 Å². The molecule has 0 aromatic carbocycles. The summed E-state index contributed by atoms with van der Waals surface area (Å²) in [5.74, 6) is 3.00. The lowest BCUT2D eigenvalue weighted by Crippen LogP contribution is -2.20. The molecule has 1 aromatic heterocycles. The van der Waals surface area contributed by atoms with Crippen molar-refractivity contribution in [3.05, 3.63) is 11.6 Å². The summed E-state index contributed by atoms with van der Waals surface area (Å²) < 4.78 is 25.2. The molecule has 1 saturated carbocycles. The topological polar surface area (TPSA) is 68.1 Å². The number of nitrogens with zero attached hydrogens (tertiary/aromatic N) is 4. The van der Waals surface area contributed by atoms with Crippen LogP contribution in [0.1, 0.15) is 37.0 Å². The Hall–Kier alpha value is -0.950. The SMILES string of the molecule is CN(C)Cc1nc(CC2CC2)nn1[C@@H]1CCS(=O)(=O)C1. The average molecular weight is 298 g/mol. The first kappa shape index (κ1) is 14.0. The van der Waals surface area contributed by atoms with E-state index in [1.165, 1.54) is 12.8 Å². The minimum Gasteiger partial charge on any atom is -0.302 e. The largest absolute Gasteiger partial charge is 0.302 e. The van der Waals surface area contributed by atoms with Crippen molar-refractivity contribution < 1.29 is 8.42 Å². The summed E-state index contributed by atoms with van der Waals surface area (Å²) in [7, 11) is 1.09. The van der Waals surface area contributed by atoms with Crippen molar-refractivity contribution >= 4 is 9.84 Å². The van der Waals surface area contributed by atoms with Crippen LogP contribution in [0.25, 0.3) is 0 Å². The number of hydrogen-bond acceptors (Lipinski definition) is 5. The van der Waals surface area contributed by atoms with Crippen LogP contribution in [-0.2, 0) is 22.8 Å². The Kier molecular flexibility index (Phi) is 3.58. The average Bonchev–Trinajstić information content (AvgIpc) is 2.95. The minimum absolute atomic E-state index is 0.0320. The predicted octanol–water partition coefficient (Wildman–Crippen LogP) is 0.652. The number of aromatic nitrogens is 3. The first-order valence-electron chi connectivity index (χ1n) is 7.22. The second kappa shape index (κ2) is 5.11. The molecule has 7 heteroatoms. The van der Waals surface area contributed by atoms with E-state index in [0.29, 0.717) is 13.0 Å². The maximum Gasteiger partial charge on any atom is 0.152 e. The molecule has 1 aromatic rings. The van der Waals surface area contributed by atoms with E-state index in [4.69, 9.17) is 0 Å². The van der Waals surface area contributed by atoms with Crippen molar-refractivity contribution in [2.45, 2.75) is 38.3 Å². The van der Waals surface area contributed by atoms with Gasteiger partial charge in [0.1, 0.15) is 5.82 Å².